The molecule has 21 heavy (non-hydrogen) atoms. The van der Waals surface area contributed by atoms with Crippen molar-refractivity contribution in [2.75, 3.05) is 19.0 Å². The number of nitrogens with zero attached hydrogens (tertiary/aromatic N) is 1. The molecule has 5 nitrogen and oxygen atoms in total. The molecule has 1 heterocycles. The maximum absolute atomic E-state index is 12.5. The first-order chi connectivity index (χ1) is 10.2. The Bertz CT molecular complexity index is 662. The van der Waals surface area contributed by atoms with E-state index in [1.54, 1.807) is 7.11 Å². The van der Waals surface area contributed by atoms with E-state index in [1.807, 2.05) is 18.2 Å². The van der Waals surface area contributed by atoms with Gasteiger partial charge in [-0.1, -0.05) is 24.2 Å². The van der Waals surface area contributed by atoms with Crippen LogP contribution in [0.15, 0.2) is 18.2 Å². The second kappa shape index (κ2) is 5.61. The van der Waals surface area contributed by atoms with E-state index in [1.165, 1.54) is 11.3 Å². The molecule has 0 aliphatic heterocycles. The number of thiazole rings is 1. The summed E-state index contributed by atoms with van der Waals surface area (Å²) in [5.41, 5.74) is 6.30. The van der Waals surface area contributed by atoms with Gasteiger partial charge in [0.25, 0.3) is 0 Å². The van der Waals surface area contributed by atoms with E-state index in [-0.39, 0.29) is 5.91 Å². The van der Waals surface area contributed by atoms with Gasteiger partial charge < -0.3 is 15.8 Å². The molecule has 0 atom stereocenters. The van der Waals surface area contributed by atoms with Gasteiger partial charge in [0.2, 0.25) is 5.91 Å². The molecule has 0 saturated heterocycles. The quantitative estimate of drug-likeness (QED) is 0.910. The fourth-order valence-corrected chi connectivity index (χ4v) is 3.78. The fourth-order valence-electron chi connectivity index (χ4n) is 2.89. The highest BCUT2D eigenvalue weighted by Crippen LogP contribution is 2.39. The average Bonchev–Trinajstić information content (AvgIpc) is 3.13. The number of fused-ring (bicyclic) bond motifs is 1. The number of amides is 1. The molecule has 0 radical (unpaired) electrons. The third-order valence-electron chi connectivity index (χ3n) is 4.25. The topological polar surface area (TPSA) is 77.2 Å². The number of rotatable bonds is 4. The summed E-state index contributed by atoms with van der Waals surface area (Å²) < 4.78 is 6.20. The number of carbonyl (C=O) groups excluding carboxylic acids is 1. The smallest absolute Gasteiger partial charge is 0.233 e. The van der Waals surface area contributed by atoms with Gasteiger partial charge in [0.15, 0.2) is 5.13 Å². The van der Waals surface area contributed by atoms with Crippen LogP contribution in [-0.4, -0.2) is 24.5 Å². The van der Waals surface area contributed by atoms with Crippen molar-refractivity contribution < 1.29 is 9.53 Å². The summed E-state index contributed by atoms with van der Waals surface area (Å²) in [5.74, 6) is 0.798. The van der Waals surface area contributed by atoms with Crippen LogP contribution in [0.5, 0.6) is 5.75 Å². The van der Waals surface area contributed by atoms with E-state index in [0.717, 1.165) is 41.6 Å². The molecule has 1 aliphatic rings. The van der Waals surface area contributed by atoms with Crippen molar-refractivity contribution in [3.63, 3.8) is 0 Å². The molecule has 1 saturated carbocycles. The Morgan fingerprint density at radius 2 is 2.24 bits per heavy atom. The number of aromatic nitrogens is 1. The lowest BCUT2D eigenvalue weighted by molar-refractivity contribution is -0.124. The summed E-state index contributed by atoms with van der Waals surface area (Å²) in [6.45, 7) is 0.400. The molecular formula is C15H19N3O2S. The highest BCUT2D eigenvalue weighted by Gasteiger charge is 2.40. The van der Waals surface area contributed by atoms with E-state index < -0.39 is 5.41 Å². The fraction of sp³-hybridized carbons (Fsp3) is 0.467. The van der Waals surface area contributed by atoms with Crippen LogP contribution in [0.2, 0.25) is 0 Å². The molecule has 3 N–H and O–H groups in total. The van der Waals surface area contributed by atoms with Crippen molar-refractivity contribution in [3.05, 3.63) is 18.2 Å². The Balaban J connectivity index is 1.82. The molecule has 1 aromatic carbocycles. The molecule has 2 aromatic rings. The molecule has 6 heteroatoms. The van der Waals surface area contributed by atoms with Crippen LogP contribution in [0.4, 0.5) is 5.13 Å². The number of hydrogen-bond acceptors (Lipinski definition) is 5. The number of nitrogens with two attached hydrogens (primary N) is 1. The van der Waals surface area contributed by atoms with E-state index in [2.05, 4.69) is 10.3 Å². The van der Waals surface area contributed by atoms with E-state index in [0.29, 0.717) is 11.7 Å². The SMILES string of the molecule is COc1ccc2nc(NC(=O)C3(CN)CCCC3)sc2c1. The Morgan fingerprint density at radius 1 is 1.48 bits per heavy atom. The average molecular weight is 305 g/mol. The number of methoxy groups -OCH3 is 1. The van der Waals surface area contributed by atoms with Crippen LogP contribution in [-0.2, 0) is 4.79 Å². The second-order valence-corrected chi connectivity index (χ2v) is 6.53. The standard InChI is InChI=1S/C15H19N3O2S/c1-20-10-4-5-11-12(8-10)21-14(17-11)18-13(19)15(9-16)6-2-3-7-15/h4-5,8H,2-3,6-7,9,16H2,1H3,(H,17,18,19). The monoisotopic (exact) mass is 305 g/mol. The van der Waals surface area contributed by atoms with Gasteiger partial charge in [-0.3, -0.25) is 4.79 Å². The van der Waals surface area contributed by atoms with Crippen molar-refractivity contribution in [3.8, 4) is 5.75 Å². The lowest BCUT2D eigenvalue weighted by Crippen LogP contribution is -2.40. The second-order valence-electron chi connectivity index (χ2n) is 5.50. The summed E-state index contributed by atoms with van der Waals surface area (Å²) in [5, 5.41) is 3.58. The summed E-state index contributed by atoms with van der Waals surface area (Å²) in [4.78, 5) is 17.0. The first-order valence-corrected chi connectivity index (χ1v) is 7.95. The molecule has 0 bridgehead atoms. The minimum Gasteiger partial charge on any atom is -0.497 e. The van der Waals surface area contributed by atoms with Crippen LogP contribution in [0.25, 0.3) is 10.2 Å². The lowest BCUT2D eigenvalue weighted by atomic mass is 9.85. The number of hydrogen-bond donors (Lipinski definition) is 2. The van der Waals surface area contributed by atoms with Gasteiger partial charge in [-0.15, -0.1) is 0 Å². The Kier molecular flexibility index (Phi) is 3.82. The van der Waals surface area contributed by atoms with Crippen LogP contribution < -0.4 is 15.8 Å². The third-order valence-corrected chi connectivity index (χ3v) is 5.18. The van der Waals surface area contributed by atoms with Crippen LogP contribution in [0.3, 0.4) is 0 Å². The predicted octanol–water partition coefficient (Wildman–Crippen LogP) is 2.76. The van der Waals surface area contributed by atoms with E-state index in [9.17, 15) is 4.79 Å². The zero-order chi connectivity index (χ0) is 14.9. The van der Waals surface area contributed by atoms with Gasteiger partial charge in [-0.2, -0.15) is 0 Å². The van der Waals surface area contributed by atoms with Crippen molar-refractivity contribution in [2.24, 2.45) is 11.1 Å². The Morgan fingerprint density at radius 3 is 2.90 bits per heavy atom. The number of benzene rings is 1. The van der Waals surface area contributed by atoms with Gasteiger partial charge in [0.05, 0.1) is 22.7 Å². The molecule has 0 spiro atoms. The highest BCUT2D eigenvalue weighted by atomic mass is 32.1. The number of anilines is 1. The molecule has 1 amide bonds. The van der Waals surface area contributed by atoms with E-state index in [4.69, 9.17) is 10.5 Å². The Labute approximate surface area is 127 Å². The maximum Gasteiger partial charge on any atom is 0.233 e. The summed E-state index contributed by atoms with van der Waals surface area (Å²) in [6, 6.07) is 5.69. The van der Waals surface area contributed by atoms with Gasteiger partial charge in [-0.25, -0.2) is 4.98 Å². The molecule has 1 aliphatic carbocycles. The molecular weight excluding hydrogens is 286 g/mol. The number of carbonyl (C=O) groups is 1. The van der Waals surface area contributed by atoms with Gasteiger partial charge in [-0.05, 0) is 31.0 Å². The third kappa shape index (κ3) is 2.61. The van der Waals surface area contributed by atoms with Gasteiger partial charge >= 0.3 is 0 Å². The number of ether oxygens (including phenoxy) is 1. The van der Waals surface area contributed by atoms with Crippen LogP contribution >= 0.6 is 11.3 Å². The van der Waals surface area contributed by atoms with Crippen molar-refractivity contribution >= 4 is 32.6 Å². The molecule has 1 aromatic heterocycles. The largest absolute Gasteiger partial charge is 0.497 e. The van der Waals surface area contributed by atoms with Crippen LogP contribution in [0.1, 0.15) is 25.7 Å². The van der Waals surface area contributed by atoms with Crippen molar-refractivity contribution in [1.29, 1.82) is 0 Å². The normalized spacial score (nSPS) is 17.0. The Hall–Kier alpha value is -1.66. The zero-order valence-corrected chi connectivity index (χ0v) is 12.8. The summed E-state index contributed by atoms with van der Waals surface area (Å²) >= 11 is 1.46. The maximum atomic E-state index is 12.5. The highest BCUT2D eigenvalue weighted by molar-refractivity contribution is 7.22. The minimum atomic E-state index is -0.407. The zero-order valence-electron chi connectivity index (χ0n) is 12.0. The molecule has 3 rings (SSSR count). The summed E-state index contributed by atoms with van der Waals surface area (Å²) in [7, 11) is 1.63. The first-order valence-electron chi connectivity index (χ1n) is 7.13. The first kappa shape index (κ1) is 14.3. The van der Waals surface area contributed by atoms with Crippen molar-refractivity contribution in [2.45, 2.75) is 25.7 Å². The molecule has 112 valence electrons. The van der Waals surface area contributed by atoms with Gasteiger partial charge in [0, 0.05) is 6.54 Å². The molecule has 1 fully saturated rings. The summed E-state index contributed by atoms with van der Waals surface area (Å²) in [6.07, 6.45) is 3.88. The van der Waals surface area contributed by atoms with E-state index >= 15 is 0 Å². The number of nitrogens with one attached hydrogen (secondary N) is 1. The predicted molar refractivity (Wildman–Crippen MR) is 84.8 cm³/mol. The van der Waals surface area contributed by atoms with Crippen LogP contribution in [0, 0.1) is 5.41 Å². The van der Waals surface area contributed by atoms with Gasteiger partial charge in [0.1, 0.15) is 5.75 Å². The van der Waals surface area contributed by atoms with Crippen molar-refractivity contribution in [1.82, 2.24) is 4.98 Å². The minimum absolute atomic E-state index is 0.00789. The molecule has 0 unspecified atom stereocenters. The lowest BCUT2D eigenvalue weighted by Gasteiger charge is -2.24.